The molecule has 4 aromatic heterocycles. The fraction of sp³-hybridized carbons (Fsp3) is 0.514. The molecular formula is C37H43F2N9O3. The number of benzene rings is 2. The Morgan fingerprint density at radius 1 is 1.14 bits per heavy atom. The molecule has 2 N–H and O–H groups in total. The number of aryl methyl sites for hydroxylation is 4. The highest BCUT2D eigenvalue weighted by Crippen LogP contribution is 2.46. The third kappa shape index (κ3) is 4.93. The SMILES string of the molecule is CCc1c(F)ccc2cc3n[nH]c(C)c3c(-c3nn(C)c4c5c(N6CCOC[C@@](C)(O)C6)nc(OC[C@@]67CCCN6C[C@H](F)C7)nc5n(C)c34)c12. The van der Waals surface area contributed by atoms with Gasteiger partial charge in [-0.15, -0.1) is 0 Å². The highest BCUT2D eigenvalue weighted by atomic mass is 19.1. The van der Waals surface area contributed by atoms with Crippen molar-refractivity contribution in [3.8, 4) is 17.3 Å². The molecular weight excluding hydrogens is 656 g/mol. The van der Waals surface area contributed by atoms with Crippen LogP contribution in [0.25, 0.3) is 55.0 Å². The molecule has 3 atom stereocenters. The molecule has 3 aliphatic heterocycles. The van der Waals surface area contributed by atoms with Gasteiger partial charge in [-0.1, -0.05) is 13.0 Å². The second-order valence-corrected chi connectivity index (χ2v) is 15.1. The molecule has 7 heterocycles. The van der Waals surface area contributed by atoms with Crippen molar-refractivity contribution in [3.05, 3.63) is 35.3 Å². The summed E-state index contributed by atoms with van der Waals surface area (Å²) in [6.45, 7) is 8.63. The van der Waals surface area contributed by atoms with Crippen LogP contribution >= 0.6 is 0 Å². The molecule has 3 saturated heterocycles. The quantitative estimate of drug-likeness (QED) is 0.245. The lowest BCUT2D eigenvalue weighted by Gasteiger charge is -2.31. The van der Waals surface area contributed by atoms with Gasteiger partial charge in [-0.05, 0) is 68.1 Å². The average Bonchev–Trinajstić information content (AvgIpc) is 3.86. The Bertz CT molecular complexity index is 2360. The summed E-state index contributed by atoms with van der Waals surface area (Å²) in [6, 6.07) is 5.52. The molecule has 6 aromatic rings. The lowest BCUT2D eigenvalue weighted by Crippen LogP contribution is -2.44. The van der Waals surface area contributed by atoms with Gasteiger partial charge in [0, 0.05) is 50.2 Å². The van der Waals surface area contributed by atoms with Crippen LogP contribution in [0, 0.1) is 12.7 Å². The predicted octanol–water partition coefficient (Wildman–Crippen LogP) is 5.10. The minimum Gasteiger partial charge on any atom is -0.461 e. The zero-order valence-electron chi connectivity index (χ0n) is 29.7. The van der Waals surface area contributed by atoms with E-state index in [0.717, 1.165) is 68.7 Å². The molecule has 0 aliphatic carbocycles. The number of ether oxygens (including phenoxy) is 2. The van der Waals surface area contributed by atoms with Crippen LogP contribution in [0.4, 0.5) is 14.6 Å². The van der Waals surface area contributed by atoms with Crippen molar-refractivity contribution in [2.75, 3.05) is 50.9 Å². The van der Waals surface area contributed by atoms with Crippen LogP contribution in [-0.2, 0) is 25.3 Å². The minimum atomic E-state index is -1.13. The Kier molecular flexibility index (Phi) is 7.36. The highest BCUT2D eigenvalue weighted by molar-refractivity contribution is 6.20. The Hall–Kier alpha value is -4.40. The standard InChI is InChI=1S/C37H43F2N9O3/c1-6-23-24(39)9-8-21-14-25-26(20(2)42-43-25)28(27(21)23)30-32-31(46(5)44-30)29-33(45(32)4)40-35(41-34(29)47-12-13-50-18-36(3,49)17-47)51-19-37-10-7-11-48(37)16-22(38)15-37/h8-9,14,22,49H,6-7,10-13,15-19H2,1-5H3,(H,42,43)/t22-,36+,37+/m1/s1. The maximum absolute atomic E-state index is 15.5. The molecule has 268 valence electrons. The molecule has 0 spiro atoms. The third-order valence-corrected chi connectivity index (χ3v) is 11.4. The Morgan fingerprint density at radius 2 is 1.98 bits per heavy atom. The number of H-pyrrole nitrogens is 1. The number of hydrogen-bond donors (Lipinski definition) is 2. The van der Waals surface area contributed by atoms with Gasteiger partial charge >= 0.3 is 6.01 Å². The van der Waals surface area contributed by atoms with Gasteiger partial charge in [-0.3, -0.25) is 14.7 Å². The summed E-state index contributed by atoms with van der Waals surface area (Å²) in [6.07, 6.45) is 1.93. The number of rotatable bonds is 6. The van der Waals surface area contributed by atoms with Gasteiger partial charge in [-0.25, -0.2) is 8.78 Å². The fourth-order valence-corrected chi connectivity index (χ4v) is 9.16. The van der Waals surface area contributed by atoms with Crippen LogP contribution in [0.3, 0.4) is 0 Å². The van der Waals surface area contributed by atoms with Crippen molar-refractivity contribution in [2.45, 2.75) is 63.8 Å². The number of nitrogens with one attached hydrogen (secondary N) is 1. The number of aromatic nitrogens is 7. The number of hydrogen-bond acceptors (Lipinski definition) is 9. The van der Waals surface area contributed by atoms with E-state index >= 15 is 4.39 Å². The zero-order valence-corrected chi connectivity index (χ0v) is 29.7. The summed E-state index contributed by atoms with van der Waals surface area (Å²) < 4.78 is 46.3. The largest absolute Gasteiger partial charge is 0.461 e. The van der Waals surface area contributed by atoms with E-state index in [1.165, 1.54) is 6.07 Å². The monoisotopic (exact) mass is 699 g/mol. The van der Waals surface area contributed by atoms with Gasteiger partial charge in [0.1, 0.15) is 35.7 Å². The van der Waals surface area contributed by atoms with E-state index in [0.29, 0.717) is 55.3 Å². The number of aromatic amines is 1. The van der Waals surface area contributed by atoms with Gasteiger partial charge in [0.05, 0.1) is 47.2 Å². The van der Waals surface area contributed by atoms with Crippen molar-refractivity contribution in [3.63, 3.8) is 0 Å². The van der Waals surface area contributed by atoms with Gasteiger partial charge in [0.15, 0.2) is 5.65 Å². The maximum atomic E-state index is 15.5. The first-order valence-electron chi connectivity index (χ1n) is 17.9. The Balaban J connectivity index is 1.30. The summed E-state index contributed by atoms with van der Waals surface area (Å²) in [7, 11) is 3.85. The van der Waals surface area contributed by atoms with Crippen LogP contribution in [0.15, 0.2) is 18.2 Å². The second-order valence-electron chi connectivity index (χ2n) is 15.1. The highest BCUT2D eigenvalue weighted by Gasteiger charge is 2.49. The van der Waals surface area contributed by atoms with Crippen LogP contribution in [0.5, 0.6) is 6.01 Å². The van der Waals surface area contributed by atoms with Gasteiger partial charge in [0.2, 0.25) is 0 Å². The normalized spacial score (nSPS) is 24.5. The molecule has 12 nitrogen and oxygen atoms in total. The number of nitrogens with zero attached hydrogens (tertiary/aromatic N) is 8. The van der Waals surface area contributed by atoms with Gasteiger partial charge in [0.25, 0.3) is 0 Å². The van der Waals surface area contributed by atoms with Crippen molar-refractivity contribution in [2.24, 2.45) is 14.1 Å². The van der Waals surface area contributed by atoms with Gasteiger partial charge in [-0.2, -0.15) is 20.2 Å². The number of β-amino-alcohol motifs (C(OH)–C–C–N with tert-alkyl or cyclic N) is 1. The van der Waals surface area contributed by atoms with E-state index in [1.807, 2.05) is 48.2 Å². The van der Waals surface area contributed by atoms with Crippen molar-refractivity contribution in [1.29, 1.82) is 0 Å². The van der Waals surface area contributed by atoms with E-state index < -0.39 is 11.8 Å². The average molecular weight is 700 g/mol. The van der Waals surface area contributed by atoms with Gasteiger partial charge < -0.3 is 24.0 Å². The first kappa shape index (κ1) is 32.5. The van der Waals surface area contributed by atoms with Crippen LogP contribution in [-0.4, -0.2) is 108 Å². The smallest absolute Gasteiger partial charge is 0.320 e. The summed E-state index contributed by atoms with van der Waals surface area (Å²) >= 11 is 0. The molecule has 51 heavy (non-hydrogen) atoms. The first-order valence-corrected chi connectivity index (χ1v) is 17.9. The number of anilines is 1. The third-order valence-electron chi connectivity index (χ3n) is 11.4. The molecule has 0 bridgehead atoms. The Labute approximate surface area is 293 Å². The number of fused-ring (bicyclic) bond motifs is 6. The van der Waals surface area contributed by atoms with E-state index in [2.05, 4.69) is 15.1 Å². The summed E-state index contributed by atoms with van der Waals surface area (Å²) in [5, 5.41) is 27.5. The zero-order chi connectivity index (χ0) is 35.4. The van der Waals surface area contributed by atoms with Crippen molar-refractivity contribution in [1.82, 2.24) is 39.4 Å². The van der Waals surface area contributed by atoms with E-state index in [9.17, 15) is 9.50 Å². The molecule has 0 unspecified atom stereocenters. The predicted molar refractivity (Wildman–Crippen MR) is 192 cm³/mol. The molecule has 9 rings (SSSR count). The van der Waals surface area contributed by atoms with Crippen LogP contribution in [0.2, 0.25) is 0 Å². The van der Waals surface area contributed by atoms with Crippen LogP contribution in [0.1, 0.15) is 44.4 Å². The molecule has 0 amide bonds. The first-order chi connectivity index (χ1) is 24.5. The maximum Gasteiger partial charge on any atom is 0.320 e. The molecule has 2 aromatic carbocycles. The molecule has 3 aliphatic rings. The molecule has 14 heteroatoms. The minimum absolute atomic E-state index is 0.194. The number of alkyl halides is 1. The lowest BCUT2D eigenvalue weighted by molar-refractivity contribution is -0.0123. The molecule has 0 saturated carbocycles. The summed E-state index contributed by atoms with van der Waals surface area (Å²) in [5.74, 6) is 0.335. The topological polar surface area (TPSA) is 122 Å². The molecule has 3 fully saturated rings. The van der Waals surface area contributed by atoms with Crippen molar-refractivity contribution < 1.29 is 23.4 Å². The molecule has 0 radical (unpaired) electrons. The van der Waals surface area contributed by atoms with Crippen molar-refractivity contribution >= 4 is 49.6 Å². The van der Waals surface area contributed by atoms with E-state index in [4.69, 9.17) is 24.5 Å². The Morgan fingerprint density at radius 3 is 2.80 bits per heavy atom. The fourth-order valence-electron chi connectivity index (χ4n) is 9.16. The summed E-state index contributed by atoms with van der Waals surface area (Å²) in [4.78, 5) is 14.3. The summed E-state index contributed by atoms with van der Waals surface area (Å²) in [5.41, 5.74) is 4.45. The second kappa shape index (κ2) is 11.6. The number of aliphatic hydroxyl groups is 1. The van der Waals surface area contributed by atoms with E-state index in [1.54, 1.807) is 13.0 Å². The number of halogens is 2. The lowest BCUT2D eigenvalue weighted by atomic mass is 9.92. The van der Waals surface area contributed by atoms with Crippen LogP contribution < -0.4 is 9.64 Å². The van der Waals surface area contributed by atoms with E-state index in [-0.39, 0.29) is 37.1 Å².